The van der Waals surface area contributed by atoms with Crippen LogP contribution >= 0.6 is 0 Å². The molecule has 1 aliphatic heterocycles. The van der Waals surface area contributed by atoms with Crippen molar-refractivity contribution in [1.82, 2.24) is 14.9 Å². The van der Waals surface area contributed by atoms with Crippen molar-refractivity contribution in [3.8, 4) is 0 Å². The van der Waals surface area contributed by atoms with Crippen molar-refractivity contribution in [2.45, 2.75) is 83.4 Å². The van der Waals surface area contributed by atoms with E-state index in [9.17, 15) is 31.1 Å². The predicted octanol–water partition coefficient (Wildman–Crippen LogP) is 6.03. The van der Waals surface area contributed by atoms with Gasteiger partial charge in [0.1, 0.15) is 0 Å². The first-order valence-electron chi connectivity index (χ1n) is 14.0. The quantitative estimate of drug-likeness (QED) is 0.238. The highest BCUT2D eigenvalue weighted by molar-refractivity contribution is 6.51. The number of halogens is 6. The van der Waals surface area contributed by atoms with Crippen molar-refractivity contribution in [2.24, 2.45) is 0 Å². The molecule has 0 bridgehead atoms. The van der Waals surface area contributed by atoms with E-state index >= 15 is 0 Å². The molecule has 0 N–H and O–H groups in total. The van der Waals surface area contributed by atoms with Gasteiger partial charge in [0.25, 0.3) is 0 Å². The number of amides is 1. The molecule has 2 heterocycles. The van der Waals surface area contributed by atoms with E-state index in [0.29, 0.717) is 33.0 Å². The molecule has 0 saturated carbocycles. The second kappa shape index (κ2) is 12.7. The number of benzene rings is 2. The Morgan fingerprint density at radius 3 is 2.00 bits per heavy atom. The number of piperidine rings is 1. The third-order valence-corrected chi connectivity index (χ3v) is 7.82. The van der Waals surface area contributed by atoms with Crippen LogP contribution in [0.3, 0.4) is 0 Å². The van der Waals surface area contributed by atoms with Crippen molar-refractivity contribution < 1.29 is 31.1 Å². The van der Waals surface area contributed by atoms with Gasteiger partial charge in [-0.15, -0.1) is 0 Å². The number of hydrogen-bond acceptors (Lipinski definition) is 4. The second-order valence-corrected chi connectivity index (χ2v) is 10.7. The molecule has 3 atom stereocenters. The number of carbonyl (C=O) groups excluding carboxylic acids is 1. The number of likely N-dealkylation sites (tertiary alicyclic amines) is 1. The maximum absolute atomic E-state index is 13.7. The Labute approximate surface area is 242 Å². The Hall–Kier alpha value is -3.57. The van der Waals surface area contributed by atoms with Crippen LogP contribution in [0, 0.1) is 0 Å². The van der Waals surface area contributed by atoms with Crippen LogP contribution in [0.25, 0.3) is 0 Å². The van der Waals surface area contributed by atoms with Gasteiger partial charge in [0.2, 0.25) is 11.9 Å². The summed E-state index contributed by atoms with van der Waals surface area (Å²) in [6.45, 7) is 5.14. The number of rotatable bonds is 8. The highest BCUT2D eigenvalue weighted by Gasteiger charge is 2.41. The molecule has 42 heavy (non-hydrogen) atoms. The zero-order valence-electron chi connectivity index (χ0n) is 23.7. The number of hydrogen-bond donors (Lipinski definition) is 0. The minimum atomic E-state index is -4.96. The van der Waals surface area contributed by atoms with Crippen molar-refractivity contribution in [3.05, 3.63) is 83.2 Å². The molecule has 4 rings (SSSR count). The van der Waals surface area contributed by atoms with Crippen molar-refractivity contribution in [3.63, 3.8) is 0 Å². The Balaban J connectivity index is 1.78. The van der Waals surface area contributed by atoms with Crippen LogP contribution in [0.4, 0.5) is 32.3 Å². The average molecular weight is 590 g/mol. The lowest BCUT2D eigenvalue weighted by atomic mass is 9.75. The van der Waals surface area contributed by atoms with Crippen LogP contribution in [0.1, 0.15) is 55.4 Å². The molecule has 3 aromatic rings. The zero-order valence-corrected chi connectivity index (χ0v) is 23.7. The van der Waals surface area contributed by atoms with Crippen LogP contribution in [-0.4, -0.2) is 46.2 Å². The van der Waals surface area contributed by atoms with Gasteiger partial charge in [-0.2, -0.15) is 26.3 Å². The van der Waals surface area contributed by atoms with Gasteiger partial charge < -0.3 is 9.80 Å². The highest BCUT2D eigenvalue weighted by atomic mass is 19.4. The van der Waals surface area contributed by atoms with Gasteiger partial charge in [-0.25, -0.2) is 9.97 Å². The summed E-state index contributed by atoms with van der Waals surface area (Å²) >= 11 is 0. The first-order chi connectivity index (χ1) is 19.8. The highest BCUT2D eigenvalue weighted by Crippen LogP contribution is 2.38. The van der Waals surface area contributed by atoms with Crippen LogP contribution < -0.4 is 10.4 Å². The molecule has 0 spiro atoms. The Morgan fingerprint density at radius 1 is 0.929 bits per heavy atom. The fourth-order valence-electron chi connectivity index (χ4n) is 5.80. The lowest BCUT2D eigenvalue weighted by Gasteiger charge is -2.48. The summed E-state index contributed by atoms with van der Waals surface area (Å²) in [7, 11) is 0.664. The molecule has 1 amide bonds. The van der Waals surface area contributed by atoms with Crippen LogP contribution in [0.15, 0.2) is 60.9 Å². The predicted molar refractivity (Wildman–Crippen MR) is 151 cm³/mol. The van der Waals surface area contributed by atoms with Gasteiger partial charge in [0.05, 0.1) is 11.1 Å². The molecule has 5 nitrogen and oxygen atoms in total. The number of alkyl halides is 6. The second-order valence-electron chi connectivity index (χ2n) is 10.7. The van der Waals surface area contributed by atoms with E-state index < -0.39 is 23.5 Å². The van der Waals surface area contributed by atoms with Crippen molar-refractivity contribution >= 4 is 24.6 Å². The third-order valence-electron chi connectivity index (χ3n) is 7.82. The van der Waals surface area contributed by atoms with E-state index in [-0.39, 0.29) is 48.2 Å². The average Bonchev–Trinajstić information content (AvgIpc) is 2.95. The van der Waals surface area contributed by atoms with Gasteiger partial charge in [-0.3, -0.25) is 4.79 Å². The van der Waals surface area contributed by atoms with Crippen LogP contribution in [-0.2, 0) is 30.1 Å². The molecule has 0 radical (unpaired) electrons. The molecule has 0 aliphatic carbocycles. The van der Waals surface area contributed by atoms with Gasteiger partial charge in [0, 0.05) is 44.0 Å². The van der Waals surface area contributed by atoms with Crippen LogP contribution in [0.2, 0.25) is 6.82 Å². The van der Waals surface area contributed by atoms with E-state index in [0.717, 1.165) is 23.2 Å². The molecule has 224 valence electrons. The third kappa shape index (κ3) is 7.44. The summed E-state index contributed by atoms with van der Waals surface area (Å²) in [6, 6.07) is 10.5. The summed E-state index contributed by atoms with van der Waals surface area (Å²) in [5.41, 5.74) is -1.02. The van der Waals surface area contributed by atoms with Gasteiger partial charge in [-0.1, -0.05) is 44.1 Å². The summed E-state index contributed by atoms with van der Waals surface area (Å²) in [6.07, 6.45) is -4.59. The molecule has 1 aromatic heterocycles. The molecule has 12 heteroatoms. The Kier molecular flexibility index (Phi) is 9.52. The van der Waals surface area contributed by atoms with Crippen molar-refractivity contribution in [2.75, 3.05) is 4.90 Å². The summed E-state index contributed by atoms with van der Waals surface area (Å²) in [5, 5.41) is 0. The molecule has 1 saturated heterocycles. The number of anilines is 1. The maximum Gasteiger partial charge on any atom is 0.416 e. The first-order valence-corrected chi connectivity index (χ1v) is 14.0. The molecule has 2 aromatic carbocycles. The fraction of sp³-hybridized carbons (Fsp3) is 0.433. The van der Waals surface area contributed by atoms with Gasteiger partial charge in [0.15, 0.2) is 7.28 Å². The van der Waals surface area contributed by atoms with Crippen molar-refractivity contribution in [1.29, 1.82) is 0 Å². The normalized spacial score (nSPS) is 19.5. The summed E-state index contributed by atoms with van der Waals surface area (Å²) in [4.78, 5) is 25.3. The van der Waals surface area contributed by atoms with E-state index in [1.165, 1.54) is 6.92 Å². The van der Waals surface area contributed by atoms with Crippen LogP contribution in [0.5, 0.6) is 0 Å². The lowest BCUT2D eigenvalue weighted by molar-refractivity contribution is -0.143. The molecular weight excluding hydrogens is 557 g/mol. The summed E-state index contributed by atoms with van der Waals surface area (Å²) in [5.74, 6) is 0.136. The smallest absolute Gasteiger partial charge is 0.336 e. The van der Waals surface area contributed by atoms with E-state index in [4.69, 9.17) is 0 Å². The first kappa shape index (κ1) is 31.4. The fourth-order valence-corrected chi connectivity index (χ4v) is 5.80. The van der Waals surface area contributed by atoms with E-state index in [1.54, 1.807) is 17.3 Å². The number of carbonyl (C=O) groups is 1. The SMILES string of the molecule is CBc1cnc(N(Cc2cc(C(F)(F)F)cc(C(F)(F)F)c2)[C@H]2C[C@@H](CC)N(C(C)=O)[C@@H](Cc3ccccc3)C2)nc1. The topological polar surface area (TPSA) is 49.3 Å². The molecule has 1 fully saturated rings. The Bertz CT molecular complexity index is 1320. The van der Waals surface area contributed by atoms with E-state index in [2.05, 4.69) is 9.97 Å². The van der Waals surface area contributed by atoms with E-state index in [1.807, 2.05) is 49.0 Å². The maximum atomic E-state index is 13.7. The standard InChI is InChI=1S/C30H33BF6N4O/c1-4-25-14-26(15-27(41(25)19(2)42)12-20-8-6-5-7-9-20)40(28-38-16-24(31-3)17-39-28)18-21-10-22(29(32,33)34)13-23(11-21)30(35,36)37/h5-11,13,16-17,25-27,31H,4,12,14-15,18H2,1-3H3/t25-,26+,27+/m1/s1. The monoisotopic (exact) mass is 590 g/mol. The Morgan fingerprint density at radius 2 is 1.50 bits per heavy atom. The number of nitrogens with zero attached hydrogens (tertiary/aromatic N) is 4. The lowest BCUT2D eigenvalue weighted by Crippen LogP contribution is -2.57. The number of aromatic nitrogens is 2. The molecule has 1 aliphatic rings. The minimum absolute atomic E-state index is 0.0796. The summed E-state index contributed by atoms with van der Waals surface area (Å²) < 4.78 is 82.0. The minimum Gasteiger partial charge on any atom is -0.336 e. The zero-order chi connectivity index (χ0) is 30.7. The largest absolute Gasteiger partial charge is 0.416 e. The molecular formula is C30H33BF6N4O. The molecule has 0 unspecified atom stereocenters. The van der Waals surface area contributed by atoms with Gasteiger partial charge >= 0.3 is 12.4 Å². The van der Waals surface area contributed by atoms with Gasteiger partial charge in [-0.05, 0) is 60.5 Å².